The second-order valence-corrected chi connectivity index (χ2v) is 7.96. The highest BCUT2D eigenvalue weighted by Crippen LogP contribution is 2.29. The zero-order chi connectivity index (χ0) is 21.8. The van der Waals surface area contributed by atoms with E-state index in [2.05, 4.69) is 21.2 Å². The largest absolute Gasteiger partial charge is 0.497 e. The Hall–Kier alpha value is -2.87. The third-order valence-corrected chi connectivity index (χ3v) is 6.02. The molecule has 1 heterocycles. The molecule has 30 heavy (non-hydrogen) atoms. The summed E-state index contributed by atoms with van der Waals surface area (Å²) >= 11 is 3.45. The van der Waals surface area contributed by atoms with Crippen LogP contribution in [0.15, 0.2) is 40.9 Å². The van der Waals surface area contributed by atoms with Gasteiger partial charge in [0.25, 0.3) is 5.91 Å². The summed E-state index contributed by atoms with van der Waals surface area (Å²) in [4.78, 5) is 38.5. The first-order chi connectivity index (χ1) is 14.3. The molecule has 1 fully saturated rings. The number of halogens is 1. The minimum Gasteiger partial charge on any atom is -0.497 e. The fourth-order valence-electron chi connectivity index (χ4n) is 3.26. The Bertz CT molecular complexity index is 991. The highest BCUT2D eigenvalue weighted by Gasteiger charge is 2.36. The van der Waals surface area contributed by atoms with Gasteiger partial charge in [-0.05, 0) is 49.2 Å². The maximum absolute atomic E-state index is 12.4. The van der Waals surface area contributed by atoms with Crippen LogP contribution in [-0.2, 0) is 19.1 Å². The average molecular weight is 475 g/mol. The molecule has 1 saturated heterocycles. The molecule has 0 saturated carbocycles. The number of carbonyl (C=O) groups excluding carboxylic acids is 3. The van der Waals surface area contributed by atoms with Gasteiger partial charge in [0.15, 0.2) is 6.61 Å². The lowest BCUT2D eigenvalue weighted by Crippen LogP contribution is -2.28. The van der Waals surface area contributed by atoms with Crippen molar-refractivity contribution < 1.29 is 23.9 Å². The molecule has 0 unspecified atom stereocenters. The Kier molecular flexibility index (Phi) is 6.77. The number of nitrogens with one attached hydrogen (secondary N) is 1. The van der Waals surface area contributed by atoms with E-state index >= 15 is 0 Å². The molecule has 1 aliphatic heterocycles. The first kappa shape index (κ1) is 21.8. The number of hydrogen-bond acceptors (Lipinski definition) is 5. The average Bonchev–Trinajstić information content (AvgIpc) is 3.14. The normalized spacial score (nSPS) is 15.8. The number of methoxy groups -OCH3 is 1. The minimum absolute atomic E-state index is 0.0443. The van der Waals surface area contributed by atoms with Crippen LogP contribution >= 0.6 is 15.9 Å². The molecule has 2 aromatic carbocycles. The number of benzene rings is 2. The van der Waals surface area contributed by atoms with E-state index in [1.807, 2.05) is 19.9 Å². The van der Waals surface area contributed by atoms with E-state index in [0.29, 0.717) is 17.1 Å². The lowest BCUT2D eigenvalue weighted by Gasteiger charge is -2.17. The molecule has 0 aliphatic carbocycles. The van der Waals surface area contributed by atoms with Crippen molar-refractivity contribution in [2.24, 2.45) is 5.92 Å². The molecule has 2 aromatic rings. The SMILES string of the molecule is COc1cccc(N2C[C@H](C(=O)OCC(=O)Nc3ccc(Br)c(C)c3C)CC2=O)c1. The minimum atomic E-state index is -0.617. The molecule has 1 atom stereocenters. The molecule has 2 amide bonds. The van der Waals surface area contributed by atoms with Crippen LogP contribution < -0.4 is 15.0 Å². The van der Waals surface area contributed by atoms with Crippen LogP contribution in [0.2, 0.25) is 0 Å². The van der Waals surface area contributed by atoms with E-state index in [-0.39, 0.29) is 18.9 Å². The first-order valence-electron chi connectivity index (χ1n) is 9.46. The molecule has 8 heteroatoms. The van der Waals surface area contributed by atoms with E-state index in [4.69, 9.17) is 9.47 Å². The second kappa shape index (κ2) is 9.30. The number of ether oxygens (including phenoxy) is 2. The highest BCUT2D eigenvalue weighted by atomic mass is 79.9. The number of esters is 1. The Morgan fingerprint density at radius 2 is 1.97 bits per heavy atom. The monoisotopic (exact) mass is 474 g/mol. The van der Waals surface area contributed by atoms with Gasteiger partial charge in [-0.1, -0.05) is 22.0 Å². The van der Waals surface area contributed by atoms with Crippen molar-refractivity contribution in [1.29, 1.82) is 0 Å². The molecule has 0 spiro atoms. The predicted octanol–water partition coefficient (Wildman–Crippen LogP) is 3.61. The van der Waals surface area contributed by atoms with E-state index in [9.17, 15) is 14.4 Å². The van der Waals surface area contributed by atoms with Gasteiger partial charge in [-0.2, -0.15) is 0 Å². The summed E-state index contributed by atoms with van der Waals surface area (Å²) in [6.45, 7) is 3.65. The van der Waals surface area contributed by atoms with Gasteiger partial charge >= 0.3 is 5.97 Å². The molecule has 7 nitrogen and oxygen atoms in total. The fraction of sp³-hybridized carbons (Fsp3) is 0.318. The third kappa shape index (κ3) is 4.81. The van der Waals surface area contributed by atoms with Crippen molar-refractivity contribution in [3.63, 3.8) is 0 Å². The van der Waals surface area contributed by atoms with Gasteiger partial charge in [0.1, 0.15) is 5.75 Å². The van der Waals surface area contributed by atoms with Crippen LogP contribution in [-0.4, -0.2) is 38.0 Å². The maximum atomic E-state index is 12.4. The lowest BCUT2D eigenvalue weighted by atomic mass is 10.1. The van der Waals surface area contributed by atoms with E-state index in [1.54, 1.807) is 37.4 Å². The number of hydrogen-bond donors (Lipinski definition) is 1. The molecule has 158 valence electrons. The standard InChI is InChI=1S/C22H23BrN2O5/c1-13-14(2)19(8-7-18(13)23)24-20(26)12-30-22(28)15-9-21(27)25(11-15)16-5-4-6-17(10-16)29-3/h4-8,10,15H,9,11-12H2,1-3H3,(H,24,26)/t15-/m1/s1. The summed E-state index contributed by atoms with van der Waals surface area (Å²) in [7, 11) is 1.55. The summed E-state index contributed by atoms with van der Waals surface area (Å²) in [6, 6.07) is 10.7. The van der Waals surface area contributed by atoms with Gasteiger partial charge in [0, 0.05) is 34.9 Å². The molecule has 1 N–H and O–H groups in total. The third-order valence-electron chi connectivity index (χ3n) is 5.16. The first-order valence-corrected chi connectivity index (χ1v) is 10.3. The summed E-state index contributed by atoms with van der Waals surface area (Å²) in [6.07, 6.45) is 0.0443. The van der Waals surface area contributed by atoms with Crippen LogP contribution in [0, 0.1) is 19.8 Å². The number of rotatable bonds is 6. The van der Waals surface area contributed by atoms with Crippen LogP contribution in [0.4, 0.5) is 11.4 Å². The number of carbonyl (C=O) groups is 3. The maximum Gasteiger partial charge on any atom is 0.311 e. The molecule has 3 rings (SSSR count). The summed E-state index contributed by atoms with van der Waals surface area (Å²) < 4.78 is 11.3. The van der Waals surface area contributed by atoms with Crippen LogP contribution in [0.3, 0.4) is 0 Å². The van der Waals surface area contributed by atoms with Gasteiger partial charge in [-0.3, -0.25) is 14.4 Å². The molecule has 0 radical (unpaired) electrons. The lowest BCUT2D eigenvalue weighted by molar-refractivity contribution is -0.151. The predicted molar refractivity (Wildman–Crippen MR) is 117 cm³/mol. The van der Waals surface area contributed by atoms with Crippen molar-refractivity contribution in [3.8, 4) is 5.75 Å². The Morgan fingerprint density at radius 1 is 1.20 bits per heavy atom. The summed E-state index contributed by atoms with van der Waals surface area (Å²) in [5.41, 5.74) is 3.27. The van der Waals surface area contributed by atoms with Crippen LogP contribution in [0.5, 0.6) is 5.75 Å². The van der Waals surface area contributed by atoms with Crippen LogP contribution in [0.25, 0.3) is 0 Å². The number of anilines is 2. The Morgan fingerprint density at radius 3 is 2.70 bits per heavy atom. The van der Waals surface area contributed by atoms with Crippen molar-refractivity contribution in [2.45, 2.75) is 20.3 Å². The molecule has 0 aromatic heterocycles. The zero-order valence-electron chi connectivity index (χ0n) is 17.0. The van der Waals surface area contributed by atoms with Gasteiger partial charge in [-0.25, -0.2) is 0 Å². The molecular weight excluding hydrogens is 452 g/mol. The number of nitrogens with zero attached hydrogens (tertiary/aromatic N) is 1. The second-order valence-electron chi connectivity index (χ2n) is 7.11. The fourth-order valence-corrected chi connectivity index (χ4v) is 3.69. The summed E-state index contributed by atoms with van der Waals surface area (Å²) in [5.74, 6) is -1.15. The quantitative estimate of drug-likeness (QED) is 0.646. The highest BCUT2D eigenvalue weighted by molar-refractivity contribution is 9.10. The van der Waals surface area contributed by atoms with Crippen molar-refractivity contribution in [2.75, 3.05) is 30.5 Å². The van der Waals surface area contributed by atoms with Crippen molar-refractivity contribution >= 4 is 45.1 Å². The van der Waals surface area contributed by atoms with Gasteiger partial charge in [0.2, 0.25) is 5.91 Å². The van der Waals surface area contributed by atoms with Crippen molar-refractivity contribution in [1.82, 2.24) is 0 Å². The van der Waals surface area contributed by atoms with E-state index in [0.717, 1.165) is 15.6 Å². The Labute approximate surface area is 183 Å². The molecule has 0 bridgehead atoms. The summed E-state index contributed by atoms with van der Waals surface area (Å²) in [5, 5.41) is 2.75. The van der Waals surface area contributed by atoms with Gasteiger partial charge in [-0.15, -0.1) is 0 Å². The molecule has 1 aliphatic rings. The smallest absolute Gasteiger partial charge is 0.311 e. The Balaban J connectivity index is 1.56. The van der Waals surface area contributed by atoms with Gasteiger partial charge < -0.3 is 19.7 Å². The topological polar surface area (TPSA) is 84.9 Å². The van der Waals surface area contributed by atoms with Gasteiger partial charge in [0.05, 0.1) is 13.0 Å². The van der Waals surface area contributed by atoms with Crippen LogP contribution in [0.1, 0.15) is 17.5 Å². The van der Waals surface area contributed by atoms with E-state index < -0.39 is 24.4 Å². The zero-order valence-corrected chi connectivity index (χ0v) is 18.6. The molecular formula is C22H23BrN2O5. The van der Waals surface area contributed by atoms with E-state index in [1.165, 1.54) is 4.90 Å². The van der Waals surface area contributed by atoms with Crippen molar-refractivity contribution in [3.05, 3.63) is 52.0 Å². The number of amides is 2.